The molecule has 0 bridgehead atoms. The molecule has 0 aliphatic rings. The number of carboxylic acid groups (broad SMARTS) is 1. The van der Waals surface area contributed by atoms with Crippen molar-refractivity contribution in [1.82, 2.24) is 0 Å². The summed E-state index contributed by atoms with van der Waals surface area (Å²) in [7, 11) is -2.17. The van der Waals surface area contributed by atoms with E-state index in [-0.39, 0.29) is 28.3 Å². The van der Waals surface area contributed by atoms with Gasteiger partial charge < -0.3 is 25.0 Å². The predicted molar refractivity (Wildman–Crippen MR) is 50.7 cm³/mol. The molecule has 15 heavy (non-hydrogen) atoms. The quantitative estimate of drug-likeness (QED) is 0.559. The Balaban J connectivity index is -0.000000249. The van der Waals surface area contributed by atoms with Crippen LogP contribution in [0.4, 0.5) is 0 Å². The van der Waals surface area contributed by atoms with E-state index >= 15 is 0 Å². The Labute approximate surface area is 106 Å². The molecule has 0 rings (SSSR count). The van der Waals surface area contributed by atoms with Gasteiger partial charge >= 0.3 is 29.7 Å². The number of aliphatic carboxylic acids is 1. The van der Waals surface area contributed by atoms with Crippen LogP contribution < -0.4 is 5.11 Å². The molecule has 0 aromatic heterocycles. The van der Waals surface area contributed by atoms with E-state index in [0.717, 1.165) is 19.3 Å². The van der Waals surface area contributed by atoms with E-state index in [9.17, 15) is 9.90 Å². The fourth-order valence-corrected chi connectivity index (χ4v) is 0.939. The molecule has 0 saturated heterocycles. The molecule has 0 amide bonds. The van der Waals surface area contributed by atoms with E-state index < -0.39 is 13.3 Å². The van der Waals surface area contributed by atoms with Gasteiger partial charge in [0.05, 0.1) is 0 Å². The molecule has 1 atom stereocenters. The molecule has 0 aliphatic heterocycles. The molecular weight excluding hydrogens is 295 g/mol. The average molecular weight is 313 g/mol. The summed E-state index contributed by atoms with van der Waals surface area (Å²) in [5.74, 6) is -1.11. The second-order valence-corrected chi connectivity index (χ2v) is 2.91. The van der Waals surface area contributed by atoms with Gasteiger partial charge in [0, 0.05) is 5.97 Å². The summed E-state index contributed by atoms with van der Waals surface area (Å²) in [6.07, 6.45) is 3.52. The van der Waals surface area contributed by atoms with Gasteiger partial charge in [-0.3, -0.25) is 0 Å². The Kier molecular flexibility index (Phi) is 19.4. The maximum absolute atomic E-state index is 10.3. The molecule has 94 valence electrons. The minimum atomic E-state index is -2.17. The van der Waals surface area contributed by atoms with Crippen molar-refractivity contribution in [3.05, 3.63) is 0 Å². The van der Waals surface area contributed by atoms with Crippen LogP contribution in [0.2, 0.25) is 0 Å². The maximum atomic E-state index is 10.3. The number of hydrogen-bond donors (Lipinski definition) is 3. The molecular formula is C8H18AgBO5. The first-order valence-electron chi connectivity index (χ1n) is 4.70. The monoisotopic (exact) mass is 312 g/mol. The second-order valence-electron chi connectivity index (χ2n) is 2.91. The van der Waals surface area contributed by atoms with Crippen molar-refractivity contribution in [1.29, 1.82) is 0 Å². The molecule has 3 N–H and O–H groups in total. The fourth-order valence-electron chi connectivity index (χ4n) is 0.939. The van der Waals surface area contributed by atoms with Crippen molar-refractivity contribution in [3.8, 4) is 0 Å². The third kappa shape index (κ3) is 20.3. The van der Waals surface area contributed by atoms with Gasteiger partial charge in [0.15, 0.2) is 0 Å². The minimum absolute atomic E-state index is 0. The number of carbonyl (C=O) groups is 1. The van der Waals surface area contributed by atoms with Crippen LogP contribution in [0.25, 0.3) is 0 Å². The zero-order chi connectivity index (χ0) is 11.6. The Bertz CT molecular complexity index is 142. The summed E-state index contributed by atoms with van der Waals surface area (Å²) in [5.41, 5.74) is 0. The molecule has 0 radical (unpaired) electrons. The summed E-state index contributed by atoms with van der Waals surface area (Å²) >= 11 is 0. The largest absolute Gasteiger partial charge is 1.00 e. The van der Waals surface area contributed by atoms with Gasteiger partial charge in [-0.2, -0.15) is 0 Å². The van der Waals surface area contributed by atoms with Gasteiger partial charge in [-0.25, -0.2) is 0 Å². The summed E-state index contributed by atoms with van der Waals surface area (Å²) in [4.78, 5) is 10.3. The molecule has 0 fully saturated rings. The normalized spacial score (nSPS) is 10.5. The summed E-state index contributed by atoms with van der Waals surface area (Å²) < 4.78 is 0. The zero-order valence-electron chi connectivity index (χ0n) is 8.94. The van der Waals surface area contributed by atoms with E-state index in [2.05, 4.69) is 6.92 Å². The maximum Gasteiger partial charge on any atom is 1.00 e. The fraction of sp³-hybridized carbons (Fsp3) is 0.875. The number of unbranched alkanes of at least 4 members (excludes halogenated alkanes) is 1. The smallest absolute Gasteiger partial charge is 0.550 e. The predicted octanol–water partition coefficient (Wildman–Crippen LogP) is -1.10. The van der Waals surface area contributed by atoms with E-state index in [1.165, 1.54) is 0 Å². The van der Waals surface area contributed by atoms with E-state index in [1.54, 1.807) is 0 Å². The van der Waals surface area contributed by atoms with Crippen molar-refractivity contribution in [3.63, 3.8) is 0 Å². The van der Waals surface area contributed by atoms with Crippen LogP contribution in [0, 0.1) is 5.92 Å². The van der Waals surface area contributed by atoms with Crippen molar-refractivity contribution in [2.75, 3.05) is 0 Å². The molecule has 0 aromatic rings. The van der Waals surface area contributed by atoms with Crippen molar-refractivity contribution < 1.29 is 47.4 Å². The number of carbonyl (C=O) groups excluding carboxylic acids is 1. The van der Waals surface area contributed by atoms with Gasteiger partial charge in [-0.1, -0.05) is 26.7 Å². The standard InChI is InChI=1S/C8H16O2.Ag.BH3O3/c1-3-5-6-7(4-2)8(9)10;;2-1(3)4/h7H,3-6H2,1-2H3,(H,9,10);;2-4H/q;+1;/p-1. The zero-order valence-corrected chi connectivity index (χ0v) is 10.4. The molecule has 0 heterocycles. The topological polar surface area (TPSA) is 101 Å². The first-order chi connectivity index (χ1) is 6.45. The Hall–Kier alpha value is 0.155. The van der Waals surface area contributed by atoms with Crippen LogP contribution in [-0.2, 0) is 27.2 Å². The summed E-state index contributed by atoms with van der Waals surface area (Å²) in [6.45, 7) is 3.94. The van der Waals surface area contributed by atoms with Gasteiger partial charge in [0.2, 0.25) is 0 Å². The molecule has 0 saturated carbocycles. The van der Waals surface area contributed by atoms with Crippen LogP contribution in [-0.4, -0.2) is 28.4 Å². The first-order valence-corrected chi connectivity index (χ1v) is 4.70. The van der Waals surface area contributed by atoms with Crippen molar-refractivity contribution in [2.24, 2.45) is 5.92 Å². The Morgan fingerprint density at radius 1 is 1.33 bits per heavy atom. The molecule has 1 unspecified atom stereocenters. The third-order valence-electron chi connectivity index (χ3n) is 1.73. The second kappa shape index (κ2) is 14.2. The number of hydrogen-bond acceptors (Lipinski definition) is 5. The van der Waals surface area contributed by atoms with E-state index in [1.807, 2.05) is 6.92 Å². The van der Waals surface area contributed by atoms with Gasteiger partial charge in [-0.15, -0.1) is 0 Å². The summed E-state index contributed by atoms with van der Waals surface area (Å²) in [6, 6.07) is 0. The van der Waals surface area contributed by atoms with Crippen LogP contribution in [0.3, 0.4) is 0 Å². The molecule has 5 nitrogen and oxygen atoms in total. The van der Waals surface area contributed by atoms with Crippen LogP contribution in [0.5, 0.6) is 0 Å². The Morgan fingerprint density at radius 3 is 1.93 bits per heavy atom. The van der Waals surface area contributed by atoms with E-state index in [4.69, 9.17) is 15.1 Å². The van der Waals surface area contributed by atoms with Crippen LogP contribution >= 0.6 is 0 Å². The first kappa shape index (κ1) is 20.6. The van der Waals surface area contributed by atoms with Crippen LogP contribution in [0.15, 0.2) is 0 Å². The Morgan fingerprint density at radius 2 is 1.73 bits per heavy atom. The molecule has 7 heteroatoms. The minimum Gasteiger partial charge on any atom is -0.550 e. The number of rotatable bonds is 5. The molecule has 0 aromatic carbocycles. The van der Waals surface area contributed by atoms with Gasteiger partial charge in [-0.05, 0) is 18.8 Å². The van der Waals surface area contributed by atoms with Crippen molar-refractivity contribution in [2.45, 2.75) is 39.5 Å². The summed E-state index contributed by atoms with van der Waals surface area (Å²) in [5, 5.41) is 31.8. The number of carboxylic acids is 1. The molecule has 0 aliphatic carbocycles. The van der Waals surface area contributed by atoms with Gasteiger partial charge in [0.25, 0.3) is 0 Å². The third-order valence-corrected chi connectivity index (χ3v) is 1.73. The van der Waals surface area contributed by atoms with Crippen LogP contribution in [0.1, 0.15) is 39.5 Å². The van der Waals surface area contributed by atoms with E-state index in [0.29, 0.717) is 6.42 Å². The van der Waals surface area contributed by atoms with Crippen molar-refractivity contribution >= 4 is 13.3 Å². The average Bonchev–Trinajstić information content (AvgIpc) is 2.04. The van der Waals surface area contributed by atoms with Gasteiger partial charge in [0.1, 0.15) is 0 Å². The molecule has 0 spiro atoms. The SMILES string of the molecule is CCCCC(CC)C(=O)[O-].OB(O)O.[Ag+].